The van der Waals surface area contributed by atoms with Crippen LogP contribution in [0.2, 0.25) is 0 Å². The van der Waals surface area contributed by atoms with Gasteiger partial charge in [-0.1, -0.05) is 6.92 Å². The molecule has 0 spiro atoms. The van der Waals surface area contributed by atoms with E-state index in [1.54, 1.807) is 0 Å². The zero-order valence-corrected chi connectivity index (χ0v) is 11.2. The lowest BCUT2D eigenvalue weighted by atomic mass is 10.2. The molecule has 1 aliphatic heterocycles. The summed E-state index contributed by atoms with van der Waals surface area (Å²) in [5.41, 5.74) is 0. The molecule has 17 heavy (non-hydrogen) atoms. The van der Waals surface area contributed by atoms with Gasteiger partial charge in [0.15, 0.2) is 9.84 Å². The van der Waals surface area contributed by atoms with Crippen LogP contribution in [0.25, 0.3) is 0 Å². The number of sulfone groups is 1. The summed E-state index contributed by atoms with van der Waals surface area (Å²) in [6.45, 7) is 4.19. The normalized spacial score (nSPS) is 20.4. The smallest absolute Gasteiger partial charge is 0.155 e. The Labute approximate surface area is 103 Å². The molecular formula is C11H23NO4S. The average Bonchev–Trinajstić information content (AvgIpc) is 2.30. The van der Waals surface area contributed by atoms with E-state index in [9.17, 15) is 13.5 Å². The van der Waals surface area contributed by atoms with Crippen molar-refractivity contribution in [3.63, 3.8) is 0 Å². The van der Waals surface area contributed by atoms with Crippen LogP contribution >= 0.6 is 0 Å². The Morgan fingerprint density at radius 3 is 2.65 bits per heavy atom. The molecule has 1 unspecified atom stereocenters. The van der Waals surface area contributed by atoms with Crippen LogP contribution < -0.4 is 5.32 Å². The summed E-state index contributed by atoms with van der Waals surface area (Å²) in [6, 6.07) is 0. The Morgan fingerprint density at radius 1 is 1.41 bits per heavy atom. The van der Waals surface area contributed by atoms with Gasteiger partial charge in [0.2, 0.25) is 0 Å². The lowest BCUT2D eigenvalue weighted by Gasteiger charge is -2.23. The lowest BCUT2D eigenvalue weighted by Crippen LogP contribution is -2.38. The number of hydrogen-bond acceptors (Lipinski definition) is 5. The molecule has 1 saturated heterocycles. The molecule has 1 fully saturated rings. The van der Waals surface area contributed by atoms with E-state index < -0.39 is 15.9 Å². The second-order valence-electron chi connectivity index (χ2n) is 4.50. The zero-order valence-electron chi connectivity index (χ0n) is 10.4. The molecule has 5 nitrogen and oxygen atoms in total. The van der Waals surface area contributed by atoms with Crippen molar-refractivity contribution in [3.05, 3.63) is 0 Å². The Hall–Kier alpha value is -0.170. The minimum atomic E-state index is -3.19. The van der Waals surface area contributed by atoms with Crippen molar-refractivity contribution in [2.24, 2.45) is 0 Å². The molecule has 0 aromatic rings. The molecule has 0 bridgehead atoms. The van der Waals surface area contributed by atoms with E-state index in [4.69, 9.17) is 4.74 Å². The Kier molecular flexibility index (Phi) is 6.40. The maximum Gasteiger partial charge on any atom is 0.155 e. The van der Waals surface area contributed by atoms with Gasteiger partial charge in [-0.25, -0.2) is 8.42 Å². The Bertz CT molecular complexity index is 299. The highest BCUT2D eigenvalue weighted by atomic mass is 32.2. The van der Waals surface area contributed by atoms with Crippen LogP contribution in [0.5, 0.6) is 0 Å². The van der Waals surface area contributed by atoms with Crippen molar-refractivity contribution in [1.29, 1.82) is 0 Å². The summed E-state index contributed by atoms with van der Waals surface area (Å²) in [7, 11) is -3.19. The van der Waals surface area contributed by atoms with Crippen LogP contribution in [0, 0.1) is 0 Å². The van der Waals surface area contributed by atoms with Crippen LogP contribution in [0.15, 0.2) is 0 Å². The third-order valence-electron chi connectivity index (χ3n) is 2.91. The summed E-state index contributed by atoms with van der Waals surface area (Å²) in [6.07, 6.45) is 1.27. The lowest BCUT2D eigenvalue weighted by molar-refractivity contribution is 0.0979. The molecule has 1 aliphatic rings. The van der Waals surface area contributed by atoms with E-state index in [0.29, 0.717) is 32.6 Å². The largest absolute Gasteiger partial charge is 0.391 e. The quantitative estimate of drug-likeness (QED) is 0.631. The van der Waals surface area contributed by atoms with Gasteiger partial charge in [-0.05, 0) is 25.8 Å². The first-order valence-corrected chi connectivity index (χ1v) is 7.96. The van der Waals surface area contributed by atoms with Crippen molar-refractivity contribution in [2.75, 3.05) is 32.1 Å². The number of aliphatic hydroxyl groups is 1. The highest BCUT2D eigenvalue weighted by Gasteiger charge is 2.29. The number of rotatable bonds is 7. The van der Waals surface area contributed by atoms with E-state index in [-0.39, 0.29) is 11.0 Å². The van der Waals surface area contributed by atoms with Gasteiger partial charge in [0.25, 0.3) is 0 Å². The highest BCUT2D eigenvalue weighted by Crippen LogP contribution is 2.17. The number of ether oxygens (including phenoxy) is 1. The van der Waals surface area contributed by atoms with Gasteiger partial charge in [0.1, 0.15) is 0 Å². The molecule has 0 saturated carbocycles. The molecule has 1 rings (SSSR count). The fraction of sp³-hybridized carbons (Fsp3) is 1.00. The first-order valence-electron chi connectivity index (χ1n) is 6.24. The second-order valence-corrected chi connectivity index (χ2v) is 6.82. The maximum atomic E-state index is 12.0. The molecule has 0 radical (unpaired) electrons. The van der Waals surface area contributed by atoms with Gasteiger partial charge < -0.3 is 15.2 Å². The van der Waals surface area contributed by atoms with Crippen LogP contribution in [0.1, 0.15) is 26.2 Å². The molecule has 102 valence electrons. The van der Waals surface area contributed by atoms with Gasteiger partial charge in [0.05, 0.1) is 17.1 Å². The fourth-order valence-corrected chi connectivity index (χ4v) is 3.78. The monoisotopic (exact) mass is 265 g/mol. The van der Waals surface area contributed by atoms with E-state index in [2.05, 4.69) is 5.32 Å². The van der Waals surface area contributed by atoms with Crippen molar-refractivity contribution >= 4 is 9.84 Å². The highest BCUT2D eigenvalue weighted by molar-refractivity contribution is 7.92. The van der Waals surface area contributed by atoms with Crippen molar-refractivity contribution in [1.82, 2.24) is 5.32 Å². The standard InChI is InChI=1S/C11H23NO4S/c1-2-5-12-8-10(13)9-17(14,15)11-3-6-16-7-4-11/h10-13H,2-9H2,1H3. The van der Waals surface area contributed by atoms with Gasteiger partial charge in [0, 0.05) is 19.8 Å². The number of hydrogen-bond donors (Lipinski definition) is 2. The summed E-state index contributed by atoms with van der Waals surface area (Å²) in [5.74, 6) is -0.144. The van der Waals surface area contributed by atoms with Crippen molar-refractivity contribution in [2.45, 2.75) is 37.5 Å². The van der Waals surface area contributed by atoms with E-state index in [0.717, 1.165) is 13.0 Å². The molecule has 0 aliphatic carbocycles. The predicted molar refractivity (Wildman–Crippen MR) is 66.8 cm³/mol. The molecule has 0 amide bonds. The molecule has 0 aromatic heterocycles. The van der Waals surface area contributed by atoms with Crippen LogP contribution in [0.3, 0.4) is 0 Å². The molecule has 1 heterocycles. The van der Waals surface area contributed by atoms with Gasteiger partial charge in [-0.2, -0.15) is 0 Å². The van der Waals surface area contributed by atoms with Crippen LogP contribution in [-0.2, 0) is 14.6 Å². The van der Waals surface area contributed by atoms with Crippen LogP contribution in [-0.4, -0.2) is 56.9 Å². The zero-order chi connectivity index (χ0) is 12.7. The summed E-state index contributed by atoms with van der Waals surface area (Å²) < 4.78 is 29.1. The van der Waals surface area contributed by atoms with E-state index >= 15 is 0 Å². The number of nitrogens with one attached hydrogen (secondary N) is 1. The fourth-order valence-electron chi connectivity index (χ4n) is 1.94. The van der Waals surface area contributed by atoms with Gasteiger partial charge >= 0.3 is 0 Å². The molecule has 6 heteroatoms. The summed E-state index contributed by atoms with van der Waals surface area (Å²) in [4.78, 5) is 0. The maximum absolute atomic E-state index is 12.0. The van der Waals surface area contributed by atoms with Crippen molar-refractivity contribution in [3.8, 4) is 0 Å². The van der Waals surface area contributed by atoms with Crippen LogP contribution in [0.4, 0.5) is 0 Å². The summed E-state index contributed by atoms with van der Waals surface area (Å²) in [5, 5.41) is 12.4. The molecule has 2 N–H and O–H groups in total. The third kappa shape index (κ3) is 5.33. The minimum absolute atomic E-state index is 0.144. The van der Waals surface area contributed by atoms with Gasteiger partial charge in [-0.3, -0.25) is 0 Å². The van der Waals surface area contributed by atoms with E-state index in [1.165, 1.54) is 0 Å². The minimum Gasteiger partial charge on any atom is -0.391 e. The molecule has 0 aromatic carbocycles. The van der Waals surface area contributed by atoms with Crippen molar-refractivity contribution < 1.29 is 18.3 Å². The first-order chi connectivity index (χ1) is 8.06. The SMILES string of the molecule is CCCNCC(O)CS(=O)(=O)C1CCOCC1. The number of aliphatic hydroxyl groups excluding tert-OH is 1. The van der Waals surface area contributed by atoms with Gasteiger partial charge in [-0.15, -0.1) is 0 Å². The Morgan fingerprint density at radius 2 is 2.06 bits per heavy atom. The van der Waals surface area contributed by atoms with E-state index in [1.807, 2.05) is 6.92 Å². The molecular weight excluding hydrogens is 242 g/mol. The predicted octanol–water partition coefficient (Wildman–Crippen LogP) is -0.0593. The summed E-state index contributed by atoms with van der Waals surface area (Å²) >= 11 is 0. The second kappa shape index (κ2) is 7.31. The average molecular weight is 265 g/mol. The topological polar surface area (TPSA) is 75.6 Å². The molecule has 1 atom stereocenters. The Balaban J connectivity index is 2.36. The third-order valence-corrected chi connectivity index (χ3v) is 5.24. The first kappa shape index (κ1) is 14.9.